The minimum atomic E-state index is -1.45. The Bertz CT molecular complexity index is 1930. The molecule has 4 amide bonds. The second-order valence-corrected chi connectivity index (χ2v) is 13.0. The molecule has 3 fully saturated rings. The molecule has 4 aliphatic rings. The molecule has 2 aliphatic carbocycles. The van der Waals surface area contributed by atoms with Crippen LogP contribution in [0.2, 0.25) is 5.02 Å². The van der Waals surface area contributed by atoms with E-state index in [4.69, 9.17) is 11.6 Å². The predicted octanol–water partition coefficient (Wildman–Crippen LogP) is 5.96. The number of halogens is 3. The van der Waals surface area contributed by atoms with Gasteiger partial charge in [0.2, 0.25) is 23.6 Å². The van der Waals surface area contributed by atoms with Gasteiger partial charge in [0, 0.05) is 11.5 Å². The minimum absolute atomic E-state index is 0.0622. The molecule has 2 heterocycles. The minimum Gasteiger partial charge on any atom is -0.505 e. The Hall–Kier alpha value is -4.70. The quantitative estimate of drug-likeness (QED) is 0.213. The van der Waals surface area contributed by atoms with E-state index in [0.717, 1.165) is 21.9 Å². The third-order valence-electron chi connectivity index (χ3n) is 10.3. The lowest BCUT2D eigenvalue weighted by Gasteiger charge is -2.49. The fourth-order valence-corrected chi connectivity index (χ4v) is 8.24. The number of hydrogen-bond acceptors (Lipinski definition) is 6. The Balaban J connectivity index is 1.35. The number of fused-ring (bicyclic) bond motifs is 4. The van der Waals surface area contributed by atoms with E-state index in [2.05, 4.69) is 0 Å². The van der Waals surface area contributed by atoms with Crippen LogP contribution in [0.1, 0.15) is 48.5 Å². The summed E-state index contributed by atoms with van der Waals surface area (Å²) in [6.45, 7) is 3.04. The maximum absolute atomic E-state index is 14.9. The molecule has 1 N–H and O–H groups in total. The van der Waals surface area contributed by atoms with Gasteiger partial charge in [0.1, 0.15) is 5.82 Å². The lowest BCUT2D eigenvalue weighted by Crippen LogP contribution is -2.48. The lowest BCUT2D eigenvalue weighted by atomic mass is 9.51. The summed E-state index contributed by atoms with van der Waals surface area (Å²) in [6.07, 6.45) is 2.07. The maximum Gasteiger partial charge on any atom is 0.241 e. The number of phenols is 1. The van der Waals surface area contributed by atoms with Gasteiger partial charge in [-0.2, -0.15) is 0 Å². The molecule has 6 atom stereocenters. The average Bonchev–Trinajstić information content (AvgIpc) is 3.39. The van der Waals surface area contributed by atoms with Crippen molar-refractivity contribution in [2.45, 2.75) is 32.6 Å². The van der Waals surface area contributed by atoms with Gasteiger partial charge in [-0.3, -0.25) is 28.9 Å². The molecule has 3 aromatic carbocycles. The standard InChI is InChI=1S/C35H27ClF2N2O6/c1-16(41)17-3-6-19(7-4-17)39-31(43)22-10-9-21-23(29(22)33(39)45)15-24-32(44)40(20-8-11-26(37)25(36)14-20)34(46)35(24,2)30(21)18-5-12-28(42)27(38)13-18/h3-9,11-14,22-24,29-30,42H,10,15H2,1-2H3. The van der Waals surface area contributed by atoms with Crippen molar-refractivity contribution in [3.05, 3.63) is 100 Å². The normalized spacial score (nSPS) is 28.6. The number of rotatable bonds is 4. The highest BCUT2D eigenvalue weighted by Crippen LogP contribution is 2.63. The number of amides is 4. The Morgan fingerprint density at radius 3 is 2.22 bits per heavy atom. The van der Waals surface area contributed by atoms with E-state index in [1.165, 1.54) is 31.2 Å². The van der Waals surface area contributed by atoms with Gasteiger partial charge in [-0.15, -0.1) is 0 Å². The molecule has 234 valence electrons. The summed E-state index contributed by atoms with van der Waals surface area (Å²) in [7, 11) is 0. The Kier molecular flexibility index (Phi) is 6.79. The van der Waals surface area contributed by atoms with Gasteiger partial charge in [0.25, 0.3) is 0 Å². The van der Waals surface area contributed by atoms with Crippen molar-refractivity contribution in [1.82, 2.24) is 0 Å². The van der Waals surface area contributed by atoms with E-state index in [1.54, 1.807) is 31.2 Å². The Labute approximate surface area is 267 Å². The summed E-state index contributed by atoms with van der Waals surface area (Å²) in [4.78, 5) is 70.3. The fourth-order valence-electron chi connectivity index (χ4n) is 8.07. The van der Waals surface area contributed by atoms with Crippen LogP contribution in [-0.4, -0.2) is 34.5 Å². The zero-order chi connectivity index (χ0) is 32.8. The molecule has 0 spiro atoms. The van der Waals surface area contributed by atoms with Crippen molar-refractivity contribution in [2.75, 3.05) is 9.80 Å². The lowest BCUT2D eigenvalue weighted by molar-refractivity contribution is -0.131. The largest absolute Gasteiger partial charge is 0.505 e. The number of anilines is 2. The highest BCUT2D eigenvalue weighted by Gasteiger charge is 2.67. The molecule has 8 nitrogen and oxygen atoms in total. The average molecular weight is 645 g/mol. The number of carbonyl (C=O) groups excluding carboxylic acids is 5. The van der Waals surface area contributed by atoms with Gasteiger partial charge in [0.15, 0.2) is 17.3 Å². The Morgan fingerprint density at radius 1 is 0.870 bits per heavy atom. The zero-order valence-electron chi connectivity index (χ0n) is 24.7. The SMILES string of the molecule is CC(=O)c1ccc(N2C(=O)C3CC=C4C(CC5C(=O)N(c6ccc(F)c(Cl)c6)C(=O)C5(C)C4c4ccc(O)c(F)c4)C3C2=O)cc1. The summed E-state index contributed by atoms with van der Waals surface area (Å²) >= 11 is 6.02. The number of Topliss-reactive ketones (excluding diaryl/α,β-unsaturated/α-hetero) is 1. The van der Waals surface area contributed by atoms with Crippen LogP contribution in [0.4, 0.5) is 20.2 Å². The van der Waals surface area contributed by atoms with Gasteiger partial charge in [-0.25, -0.2) is 13.7 Å². The van der Waals surface area contributed by atoms with Crippen molar-refractivity contribution in [3.8, 4) is 5.75 Å². The monoisotopic (exact) mass is 644 g/mol. The molecule has 6 unspecified atom stereocenters. The van der Waals surface area contributed by atoms with Crippen LogP contribution >= 0.6 is 11.6 Å². The molecule has 11 heteroatoms. The molecular formula is C35H27ClF2N2O6. The van der Waals surface area contributed by atoms with Gasteiger partial charge in [-0.1, -0.05) is 29.3 Å². The van der Waals surface area contributed by atoms with E-state index in [1.807, 2.05) is 6.08 Å². The number of hydrogen-bond donors (Lipinski definition) is 1. The van der Waals surface area contributed by atoms with E-state index in [0.29, 0.717) is 22.4 Å². The molecule has 0 aromatic heterocycles. The third-order valence-corrected chi connectivity index (χ3v) is 10.6. The molecule has 0 radical (unpaired) electrons. The topological polar surface area (TPSA) is 112 Å². The first-order valence-electron chi connectivity index (χ1n) is 14.8. The van der Waals surface area contributed by atoms with Crippen molar-refractivity contribution in [2.24, 2.45) is 29.1 Å². The summed E-state index contributed by atoms with van der Waals surface area (Å²) < 4.78 is 28.9. The molecule has 7 rings (SSSR count). The first kappa shape index (κ1) is 30.0. The van der Waals surface area contributed by atoms with Gasteiger partial charge in [-0.05, 0) is 92.8 Å². The number of phenolic OH excluding ortho intramolecular Hbond substituents is 1. The molecule has 2 saturated heterocycles. The van der Waals surface area contributed by atoms with Crippen molar-refractivity contribution >= 4 is 52.4 Å². The summed E-state index contributed by atoms with van der Waals surface area (Å²) in [6, 6.07) is 13.5. The van der Waals surface area contributed by atoms with Gasteiger partial charge < -0.3 is 5.11 Å². The fraction of sp³-hybridized carbons (Fsp3) is 0.286. The molecule has 3 aromatic rings. The number of allylic oxidation sites excluding steroid dienone is 2. The summed E-state index contributed by atoms with van der Waals surface area (Å²) in [5.41, 5.74) is 0.335. The van der Waals surface area contributed by atoms with Crippen LogP contribution in [0.5, 0.6) is 5.75 Å². The molecule has 2 aliphatic heterocycles. The zero-order valence-corrected chi connectivity index (χ0v) is 25.4. The second kappa shape index (κ2) is 10.4. The van der Waals surface area contributed by atoms with E-state index >= 15 is 0 Å². The summed E-state index contributed by atoms with van der Waals surface area (Å²) in [5.74, 6) is -8.53. The number of ketones is 1. The van der Waals surface area contributed by atoms with E-state index < -0.39 is 76.0 Å². The molecule has 46 heavy (non-hydrogen) atoms. The Morgan fingerprint density at radius 2 is 1.57 bits per heavy atom. The highest BCUT2D eigenvalue weighted by atomic mass is 35.5. The number of carbonyl (C=O) groups is 5. The van der Waals surface area contributed by atoms with Gasteiger partial charge in [0.05, 0.1) is 39.6 Å². The van der Waals surface area contributed by atoms with Gasteiger partial charge >= 0.3 is 0 Å². The van der Waals surface area contributed by atoms with Crippen LogP contribution in [-0.2, 0) is 19.2 Å². The number of nitrogens with zero attached hydrogens (tertiary/aromatic N) is 2. The van der Waals surface area contributed by atoms with Crippen molar-refractivity contribution < 1.29 is 37.9 Å². The summed E-state index contributed by atoms with van der Waals surface area (Å²) in [5, 5.41) is 9.69. The first-order chi connectivity index (χ1) is 21.8. The number of aromatic hydroxyl groups is 1. The predicted molar refractivity (Wildman–Crippen MR) is 163 cm³/mol. The number of benzene rings is 3. The highest BCUT2D eigenvalue weighted by molar-refractivity contribution is 6.32. The maximum atomic E-state index is 14.9. The van der Waals surface area contributed by atoms with Crippen LogP contribution in [0.15, 0.2) is 72.3 Å². The smallest absolute Gasteiger partial charge is 0.241 e. The molecular weight excluding hydrogens is 618 g/mol. The molecule has 1 saturated carbocycles. The molecule has 0 bridgehead atoms. The van der Waals surface area contributed by atoms with E-state index in [-0.39, 0.29) is 29.3 Å². The van der Waals surface area contributed by atoms with Crippen LogP contribution in [0.3, 0.4) is 0 Å². The third kappa shape index (κ3) is 4.12. The first-order valence-corrected chi connectivity index (χ1v) is 15.2. The van der Waals surface area contributed by atoms with Crippen LogP contribution < -0.4 is 9.80 Å². The van der Waals surface area contributed by atoms with Crippen molar-refractivity contribution in [1.29, 1.82) is 0 Å². The van der Waals surface area contributed by atoms with Crippen LogP contribution in [0.25, 0.3) is 0 Å². The second-order valence-electron chi connectivity index (χ2n) is 12.6. The number of imide groups is 2. The van der Waals surface area contributed by atoms with E-state index in [9.17, 15) is 37.9 Å². The van der Waals surface area contributed by atoms with Crippen molar-refractivity contribution in [3.63, 3.8) is 0 Å². The van der Waals surface area contributed by atoms with Crippen LogP contribution in [0, 0.1) is 40.7 Å².